The summed E-state index contributed by atoms with van der Waals surface area (Å²) in [6, 6.07) is 12.3. The lowest BCUT2D eigenvalue weighted by molar-refractivity contribution is 0.252. The molecule has 2 aliphatic rings. The summed E-state index contributed by atoms with van der Waals surface area (Å²) < 4.78 is 0. The molecule has 1 aromatic rings. The van der Waals surface area contributed by atoms with Gasteiger partial charge in [0.25, 0.3) is 0 Å². The summed E-state index contributed by atoms with van der Waals surface area (Å²) in [6.07, 6.45) is 6.45. The van der Waals surface area contributed by atoms with Crippen LogP contribution < -0.4 is 10.2 Å². The maximum atomic E-state index is 8.89. The van der Waals surface area contributed by atoms with E-state index in [9.17, 15) is 0 Å². The summed E-state index contributed by atoms with van der Waals surface area (Å²) in [5, 5.41) is 12.3. The Balaban J connectivity index is 1.85. The fraction of sp³-hybridized carbons (Fsp3) is 0.562. The van der Waals surface area contributed by atoms with E-state index in [1.54, 1.807) is 0 Å². The molecule has 2 bridgehead atoms. The van der Waals surface area contributed by atoms with Gasteiger partial charge in [0.2, 0.25) is 0 Å². The molecule has 3 heteroatoms. The summed E-state index contributed by atoms with van der Waals surface area (Å²) in [7, 11) is 2.08. The van der Waals surface area contributed by atoms with Crippen LogP contribution in [0.1, 0.15) is 37.7 Å². The van der Waals surface area contributed by atoms with E-state index in [0.717, 1.165) is 5.56 Å². The largest absolute Gasteiger partial charge is 0.365 e. The van der Waals surface area contributed by atoms with E-state index < -0.39 is 0 Å². The van der Waals surface area contributed by atoms with E-state index >= 15 is 0 Å². The first kappa shape index (κ1) is 12.5. The molecule has 0 radical (unpaired) electrons. The summed E-state index contributed by atoms with van der Waals surface area (Å²) in [4.78, 5) is 2.61. The van der Waals surface area contributed by atoms with Crippen molar-refractivity contribution in [3.63, 3.8) is 0 Å². The lowest BCUT2D eigenvalue weighted by Gasteiger charge is -2.50. The molecule has 0 spiro atoms. The van der Waals surface area contributed by atoms with Crippen LogP contribution in [0.25, 0.3) is 0 Å². The fourth-order valence-electron chi connectivity index (χ4n) is 3.75. The van der Waals surface area contributed by atoms with Crippen molar-refractivity contribution in [2.24, 2.45) is 0 Å². The van der Waals surface area contributed by atoms with Gasteiger partial charge in [0.05, 0.1) is 11.6 Å². The Labute approximate surface area is 115 Å². The lowest BCUT2D eigenvalue weighted by Crippen LogP contribution is -2.56. The zero-order valence-corrected chi connectivity index (χ0v) is 11.5. The maximum absolute atomic E-state index is 8.89. The molecule has 2 heterocycles. The standard InChI is InChI=1S/C16H21N3/c1-18-13-9-15-3-2-4-16(10-13)19(15)14-7-5-12(11-17)6-8-14/h5-8,13,15-16,18H,2-4,9-10H2,1H3. The molecule has 3 nitrogen and oxygen atoms in total. The van der Waals surface area contributed by atoms with E-state index in [-0.39, 0.29) is 0 Å². The number of piperidine rings is 2. The van der Waals surface area contributed by atoms with Crippen molar-refractivity contribution >= 4 is 5.69 Å². The lowest BCUT2D eigenvalue weighted by atomic mass is 9.81. The zero-order chi connectivity index (χ0) is 13.2. The third-order valence-corrected chi connectivity index (χ3v) is 4.68. The molecule has 0 aromatic heterocycles. The first-order valence-electron chi connectivity index (χ1n) is 7.27. The minimum atomic E-state index is 0.665. The molecule has 0 saturated carbocycles. The average molecular weight is 255 g/mol. The number of hydrogen-bond acceptors (Lipinski definition) is 3. The van der Waals surface area contributed by atoms with Crippen LogP contribution in [-0.2, 0) is 0 Å². The van der Waals surface area contributed by atoms with Gasteiger partial charge in [0.15, 0.2) is 0 Å². The van der Waals surface area contributed by atoms with Gasteiger partial charge in [-0.3, -0.25) is 0 Å². The SMILES string of the molecule is CNC1CC2CCCC(C1)N2c1ccc(C#N)cc1. The van der Waals surface area contributed by atoms with E-state index in [0.29, 0.717) is 18.1 Å². The average Bonchev–Trinajstić information content (AvgIpc) is 2.46. The molecular weight excluding hydrogens is 234 g/mol. The highest BCUT2D eigenvalue weighted by Crippen LogP contribution is 2.37. The van der Waals surface area contributed by atoms with Crippen LogP contribution in [0.2, 0.25) is 0 Å². The van der Waals surface area contributed by atoms with Gasteiger partial charge in [-0.15, -0.1) is 0 Å². The predicted molar refractivity (Wildman–Crippen MR) is 77.1 cm³/mol. The van der Waals surface area contributed by atoms with Crippen molar-refractivity contribution in [3.05, 3.63) is 29.8 Å². The van der Waals surface area contributed by atoms with E-state index in [2.05, 4.69) is 35.5 Å². The number of nitrogens with zero attached hydrogens (tertiary/aromatic N) is 2. The van der Waals surface area contributed by atoms with Gasteiger partial charge < -0.3 is 10.2 Å². The summed E-state index contributed by atoms with van der Waals surface area (Å²) in [5.74, 6) is 0. The molecule has 2 fully saturated rings. The molecule has 2 saturated heterocycles. The Morgan fingerprint density at radius 2 is 1.79 bits per heavy atom. The van der Waals surface area contributed by atoms with Crippen LogP contribution in [0.5, 0.6) is 0 Å². The van der Waals surface area contributed by atoms with E-state index in [1.807, 2.05) is 12.1 Å². The Morgan fingerprint density at radius 3 is 2.32 bits per heavy atom. The van der Waals surface area contributed by atoms with Crippen molar-refractivity contribution in [3.8, 4) is 6.07 Å². The maximum Gasteiger partial charge on any atom is 0.0991 e. The van der Waals surface area contributed by atoms with Crippen LogP contribution in [0.3, 0.4) is 0 Å². The van der Waals surface area contributed by atoms with Gasteiger partial charge in [0, 0.05) is 23.8 Å². The number of benzene rings is 1. The summed E-state index contributed by atoms with van der Waals surface area (Å²) in [5.41, 5.74) is 2.04. The van der Waals surface area contributed by atoms with Gasteiger partial charge >= 0.3 is 0 Å². The molecule has 1 N–H and O–H groups in total. The Bertz CT molecular complexity index is 460. The van der Waals surface area contributed by atoms with Gasteiger partial charge in [-0.1, -0.05) is 0 Å². The molecule has 0 amide bonds. The first-order valence-corrected chi connectivity index (χ1v) is 7.27. The second-order valence-corrected chi connectivity index (χ2v) is 5.76. The van der Waals surface area contributed by atoms with Gasteiger partial charge in [0.1, 0.15) is 0 Å². The highest BCUT2D eigenvalue weighted by atomic mass is 15.2. The van der Waals surface area contributed by atoms with Crippen molar-refractivity contribution in [2.45, 2.75) is 50.2 Å². The Morgan fingerprint density at radius 1 is 1.16 bits per heavy atom. The molecular formula is C16H21N3. The van der Waals surface area contributed by atoms with Crippen LogP contribution >= 0.6 is 0 Å². The zero-order valence-electron chi connectivity index (χ0n) is 11.5. The van der Waals surface area contributed by atoms with Crippen molar-refractivity contribution in [1.82, 2.24) is 5.32 Å². The molecule has 100 valence electrons. The number of nitriles is 1. The smallest absolute Gasteiger partial charge is 0.0991 e. The van der Waals surface area contributed by atoms with Gasteiger partial charge in [-0.05, 0) is 63.4 Å². The van der Waals surface area contributed by atoms with Crippen LogP contribution in [-0.4, -0.2) is 25.2 Å². The topological polar surface area (TPSA) is 39.1 Å². The molecule has 1 aromatic carbocycles. The third kappa shape index (κ3) is 2.33. The first-order chi connectivity index (χ1) is 9.31. The molecule has 2 unspecified atom stereocenters. The molecule has 0 aliphatic carbocycles. The third-order valence-electron chi connectivity index (χ3n) is 4.68. The van der Waals surface area contributed by atoms with E-state index in [4.69, 9.17) is 5.26 Å². The van der Waals surface area contributed by atoms with Crippen molar-refractivity contribution in [1.29, 1.82) is 5.26 Å². The number of rotatable bonds is 2. The Hall–Kier alpha value is -1.53. The molecule has 19 heavy (non-hydrogen) atoms. The van der Waals surface area contributed by atoms with Gasteiger partial charge in [-0.25, -0.2) is 0 Å². The quantitative estimate of drug-likeness (QED) is 0.883. The highest BCUT2D eigenvalue weighted by Gasteiger charge is 2.37. The number of hydrogen-bond donors (Lipinski definition) is 1. The minimum absolute atomic E-state index is 0.665. The second kappa shape index (κ2) is 5.22. The molecule has 2 atom stereocenters. The normalized spacial score (nSPS) is 29.9. The highest BCUT2D eigenvalue weighted by molar-refractivity contribution is 5.52. The summed E-state index contributed by atoms with van der Waals surface area (Å²) >= 11 is 0. The predicted octanol–water partition coefficient (Wildman–Crippen LogP) is 2.67. The van der Waals surface area contributed by atoms with Crippen molar-refractivity contribution in [2.75, 3.05) is 11.9 Å². The second-order valence-electron chi connectivity index (χ2n) is 5.76. The Kier molecular flexibility index (Phi) is 3.44. The molecule has 2 aliphatic heterocycles. The molecule has 3 rings (SSSR count). The van der Waals surface area contributed by atoms with E-state index in [1.165, 1.54) is 37.8 Å². The minimum Gasteiger partial charge on any atom is -0.365 e. The fourth-order valence-corrected chi connectivity index (χ4v) is 3.75. The summed E-state index contributed by atoms with van der Waals surface area (Å²) in [6.45, 7) is 0. The number of anilines is 1. The number of fused-ring (bicyclic) bond motifs is 2. The van der Waals surface area contributed by atoms with Gasteiger partial charge in [-0.2, -0.15) is 5.26 Å². The van der Waals surface area contributed by atoms with Crippen LogP contribution in [0.15, 0.2) is 24.3 Å². The van der Waals surface area contributed by atoms with Crippen LogP contribution in [0.4, 0.5) is 5.69 Å². The monoisotopic (exact) mass is 255 g/mol. The van der Waals surface area contributed by atoms with Crippen LogP contribution in [0, 0.1) is 11.3 Å². The number of nitrogens with one attached hydrogen (secondary N) is 1. The van der Waals surface area contributed by atoms with Crippen molar-refractivity contribution < 1.29 is 0 Å².